The maximum Gasteiger partial charge on any atom is 0.255 e. The molecular formula is C23H31N5O2. The van der Waals surface area contributed by atoms with Gasteiger partial charge in [-0.2, -0.15) is 0 Å². The number of nitrogens with two attached hydrogens (primary N) is 1. The molecule has 1 amide bonds. The number of rotatable bonds is 6. The van der Waals surface area contributed by atoms with Crippen molar-refractivity contribution >= 4 is 11.6 Å². The Morgan fingerprint density at radius 3 is 2.80 bits per heavy atom. The summed E-state index contributed by atoms with van der Waals surface area (Å²) < 4.78 is 5.33. The zero-order chi connectivity index (χ0) is 21.5. The van der Waals surface area contributed by atoms with Crippen LogP contribution in [-0.2, 0) is 0 Å². The summed E-state index contributed by atoms with van der Waals surface area (Å²) in [5.41, 5.74) is 10.4. The van der Waals surface area contributed by atoms with Gasteiger partial charge < -0.3 is 20.7 Å². The van der Waals surface area contributed by atoms with Crippen LogP contribution >= 0.6 is 0 Å². The van der Waals surface area contributed by atoms with Gasteiger partial charge in [0, 0.05) is 54.4 Å². The molecule has 160 valence electrons. The largest absolute Gasteiger partial charge is 0.481 e. The van der Waals surface area contributed by atoms with Gasteiger partial charge >= 0.3 is 0 Å². The van der Waals surface area contributed by atoms with Crippen molar-refractivity contribution in [3.63, 3.8) is 0 Å². The minimum absolute atomic E-state index is 0.0789. The van der Waals surface area contributed by atoms with Crippen LogP contribution in [0.3, 0.4) is 0 Å². The fourth-order valence-corrected chi connectivity index (χ4v) is 4.28. The summed E-state index contributed by atoms with van der Waals surface area (Å²) in [6.45, 7) is 7.59. The van der Waals surface area contributed by atoms with E-state index in [1.54, 1.807) is 19.5 Å². The van der Waals surface area contributed by atoms with E-state index in [0.29, 0.717) is 23.9 Å². The van der Waals surface area contributed by atoms with Crippen LogP contribution in [0.4, 0.5) is 5.69 Å². The molecule has 3 N–H and O–H groups in total. The molecule has 2 aromatic heterocycles. The van der Waals surface area contributed by atoms with E-state index in [0.717, 1.165) is 35.5 Å². The van der Waals surface area contributed by atoms with Gasteiger partial charge in [-0.3, -0.25) is 9.78 Å². The maximum atomic E-state index is 13.3. The number of nitrogens with zero attached hydrogens (tertiary/aromatic N) is 3. The fraction of sp³-hybridized carbons (Fsp3) is 0.522. The van der Waals surface area contributed by atoms with Crippen LogP contribution < -0.4 is 20.7 Å². The Morgan fingerprint density at radius 1 is 1.40 bits per heavy atom. The number of nitrogens with one attached hydrogen (secondary N) is 1. The summed E-state index contributed by atoms with van der Waals surface area (Å²) in [6, 6.07) is 3.98. The first kappa shape index (κ1) is 20.6. The second-order valence-corrected chi connectivity index (χ2v) is 8.99. The van der Waals surface area contributed by atoms with E-state index in [4.69, 9.17) is 10.5 Å². The third-order valence-corrected chi connectivity index (χ3v) is 6.23. The Hall–Kier alpha value is -2.67. The van der Waals surface area contributed by atoms with Crippen LogP contribution in [0, 0.1) is 12.8 Å². The highest BCUT2D eigenvalue weighted by molar-refractivity contribution is 6.04. The Kier molecular flexibility index (Phi) is 5.40. The van der Waals surface area contributed by atoms with Gasteiger partial charge in [0.25, 0.3) is 5.91 Å². The lowest BCUT2D eigenvalue weighted by atomic mass is 9.98. The van der Waals surface area contributed by atoms with E-state index >= 15 is 0 Å². The number of aromatic nitrogens is 2. The van der Waals surface area contributed by atoms with Crippen LogP contribution in [0.25, 0.3) is 11.1 Å². The number of carbonyl (C=O) groups excluding carboxylic acids is 1. The van der Waals surface area contributed by atoms with E-state index in [-0.39, 0.29) is 17.5 Å². The number of methoxy groups -OCH3 is 1. The Labute approximate surface area is 178 Å². The molecule has 1 aliphatic carbocycles. The summed E-state index contributed by atoms with van der Waals surface area (Å²) in [4.78, 5) is 24.3. The van der Waals surface area contributed by atoms with Gasteiger partial charge in [0.1, 0.15) is 0 Å². The Balaban J connectivity index is 1.82. The van der Waals surface area contributed by atoms with Crippen LogP contribution in [0.2, 0.25) is 0 Å². The predicted octanol–water partition coefficient (Wildman–Crippen LogP) is 2.92. The highest BCUT2D eigenvalue weighted by Gasteiger charge is 2.35. The Bertz CT molecular complexity index is 955. The molecule has 7 heteroatoms. The van der Waals surface area contributed by atoms with Gasteiger partial charge in [-0.05, 0) is 57.6 Å². The summed E-state index contributed by atoms with van der Waals surface area (Å²) in [7, 11) is 1.60. The van der Waals surface area contributed by atoms with Crippen LogP contribution in [-0.4, -0.2) is 47.7 Å². The van der Waals surface area contributed by atoms with Gasteiger partial charge in [-0.15, -0.1) is 0 Å². The van der Waals surface area contributed by atoms with Gasteiger partial charge in [0.15, 0.2) is 0 Å². The molecular weight excluding hydrogens is 378 g/mol. The lowest BCUT2D eigenvalue weighted by Crippen LogP contribution is -2.40. The molecule has 2 atom stereocenters. The van der Waals surface area contributed by atoms with Crippen molar-refractivity contribution < 1.29 is 9.53 Å². The first-order valence-corrected chi connectivity index (χ1v) is 10.6. The second-order valence-electron chi connectivity index (χ2n) is 8.99. The highest BCUT2D eigenvalue weighted by Crippen LogP contribution is 2.40. The van der Waals surface area contributed by atoms with Crippen molar-refractivity contribution in [3.05, 3.63) is 35.8 Å². The van der Waals surface area contributed by atoms with Gasteiger partial charge in [-0.1, -0.05) is 0 Å². The molecule has 2 aromatic rings. The number of carbonyl (C=O) groups is 1. The first-order chi connectivity index (χ1) is 14.3. The average molecular weight is 410 g/mol. The first-order valence-electron chi connectivity index (χ1n) is 10.6. The summed E-state index contributed by atoms with van der Waals surface area (Å²) in [5, 5.41) is 3.19. The zero-order valence-electron chi connectivity index (χ0n) is 18.2. The third-order valence-electron chi connectivity index (χ3n) is 6.23. The minimum Gasteiger partial charge on any atom is -0.481 e. The normalized spacial score (nSPS) is 22.1. The molecule has 2 aliphatic rings. The summed E-state index contributed by atoms with van der Waals surface area (Å²) in [6.07, 6.45) is 6.65. The number of aryl methyl sites for hydroxylation is 1. The number of amides is 1. The second kappa shape index (κ2) is 7.87. The number of ether oxygens (including phenoxy) is 1. The monoisotopic (exact) mass is 409 g/mol. The summed E-state index contributed by atoms with van der Waals surface area (Å²) in [5.74, 6) is 1.03. The molecule has 0 spiro atoms. The molecule has 1 aliphatic heterocycles. The Morgan fingerprint density at radius 2 is 2.17 bits per heavy atom. The van der Waals surface area contributed by atoms with Crippen molar-refractivity contribution in [2.45, 2.75) is 51.6 Å². The lowest BCUT2D eigenvalue weighted by molar-refractivity contribution is 0.0936. The molecule has 0 radical (unpaired) electrons. The smallest absolute Gasteiger partial charge is 0.255 e. The molecule has 2 fully saturated rings. The number of hydrogen-bond acceptors (Lipinski definition) is 6. The van der Waals surface area contributed by atoms with Gasteiger partial charge in [0.2, 0.25) is 5.88 Å². The minimum atomic E-state index is -0.292. The maximum absolute atomic E-state index is 13.3. The summed E-state index contributed by atoms with van der Waals surface area (Å²) >= 11 is 0. The molecule has 30 heavy (non-hydrogen) atoms. The van der Waals surface area contributed by atoms with Crippen molar-refractivity contribution in [2.75, 3.05) is 25.1 Å². The molecule has 4 rings (SSSR count). The van der Waals surface area contributed by atoms with Crippen LogP contribution in [0.5, 0.6) is 5.88 Å². The van der Waals surface area contributed by atoms with Crippen molar-refractivity contribution in [1.82, 2.24) is 15.3 Å². The van der Waals surface area contributed by atoms with E-state index in [9.17, 15) is 4.79 Å². The average Bonchev–Trinajstić information content (AvgIpc) is 3.50. The topological polar surface area (TPSA) is 93.4 Å². The highest BCUT2D eigenvalue weighted by atomic mass is 16.5. The molecule has 3 heterocycles. The standard InChI is InChI=1S/C23H31N5O2/c1-14(16-5-6-16)27-22(29)18-12-26-15(2)20(17-7-9-25-19(11-17)30-4)21(18)28-10-8-23(3,24)13-28/h7,9,11-12,14,16H,5-6,8,10,13,24H2,1-4H3,(H,27,29)/t14?,23-/m0/s1. The number of pyridine rings is 2. The molecule has 1 saturated carbocycles. The molecule has 1 unspecified atom stereocenters. The lowest BCUT2D eigenvalue weighted by Gasteiger charge is -2.28. The van der Waals surface area contributed by atoms with Gasteiger partial charge in [0.05, 0.1) is 18.4 Å². The van der Waals surface area contributed by atoms with Crippen LogP contribution in [0.1, 0.15) is 49.2 Å². The SMILES string of the molecule is COc1cc(-c2c(C)ncc(C(=O)NC(C)C3CC3)c2N2CC[C@](C)(N)C2)ccn1. The zero-order valence-corrected chi connectivity index (χ0v) is 18.2. The molecule has 1 saturated heterocycles. The molecule has 7 nitrogen and oxygen atoms in total. The quantitative estimate of drug-likeness (QED) is 0.762. The van der Waals surface area contributed by atoms with Crippen LogP contribution in [0.15, 0.2) is 24.5 Å². The predicted molar refractivity (Wildman–Crippen MR) is 118 cm³/mol. The molecule has 0 bridgehead atoms. The van der Waals surface area contributed by atoms with Crippen molar-refractivity contribution in [2.24, 2.45) is 11.7 Å². The fourth-order valence-electron chi connectivity index (χ4n) is 4.28. The molecule has 0 aromatic carbocycles. The van der Waals surface area contributed by atoms with E-state index in [2.05, 4.69) is 34.0 Å². The number of anilines is 1. The van der Waals surface area contributed by atoms with E-state index in [1.165, 1.54) is 12.8 Å². The van der Waals surface area contributed by atoms with Gasteiger partial charge in [-0.25, -0.2) is 4.98 Å². The number of hydrogen-bond donors (Lipinski definition) is 2. The van der Waals surface area contributed by atoms with Crippen molar-refractivity contribution in [3.8, 4) is 17.0 Å². The van der Waals surface area contributed by atoms with E-state index in [1.807, 2.05) is 19.1 Å². The van der Waals surface area contributed by atoms with E-state index < -0.39 is 0 Å². The third kappa shape index (κ3) is 4.12. The van der Waals surface area contributed by atoms with Crippen molar-refractivity contribution in [1.29, 1.82) is 0 Å².